The summed E-state index contributed by atoms with van der Waals surface area (Å²) in [6.45, 7) is 3.28. The highest BCUT2D eigenvalue weighted by Gasteiger charge is 2.05. The summed E-state index contributed by atoms with van der Waals surface area (Å²) in [5, 5.41) is 4.59. The van der Waals surface area contributed by atoms with E-state index in [1.54, 1.807) is 12.3 Å². The largest absolute Gasteiger partial charge is 0.490 e. The Hall–Kier alpha value is -1.45. The van der Waals surface area contributed by atoms with Crippen molar-refractivity contribution in [2.75, 3.05) is 18.5 Å². The van der Waals surface area contributed by atoms with Crippen LogP contribution in [-0.4, -0.2) is 18.1 Å². The molecule has 0 spiro atoms. The second kappa shape index (κ2) is 7.36. The molecule has 2 aromatic rings. The van der Waals surface area contributed by atoms with Gasteiger partial charge < -0.3 is 10.1 Å². The number of benzene rings is 1. The predicted octanol–water partition coefficient (Wildman–Crippen LogP) is 4.44. The van der Waals surface area contributed by atoms with Gasteiger partial charge in [-0.3, -0.25) is 0 Å². The highest BCUT2D eigenvalue weighted by Crippen LogP contribution is 2.23. The summed E-state index contributed by atoms with van der Waals surface area (Å²) < 4.78 is 5.51. The SMILES string of the molecule is CCOc1cccnc1NCCc1ccc(Cl)cc1Cl. The Morgan fingerprint density at radius 3 is 2.85 bits per heavy atom. The average molecular weight is 311 g/mol. The van der Waals surface area contributed by atoms with E-state index in [0.717, 1.165) is 30.1 Å². The van der Waals surface area contributed by atoms with E-state index in [4.69, 9.17) is 27.9 Å². The molecule has 0 fully saturated rings. The molecular weight excluding hydrogens is 295 g/mol. The molecule has 5 heteroatoms. The van der Waals surface area contributed by atoms with Crippen LogP contribution in [0.1, 0.15) is 12.5 Å². The molecule has 0 saturated heterocycles. The normalized spacial score (nSPS) is 10.3. The van der Waals surface area contributed by atoms with Crippen LogP contribution in [-0.2, 0) is 6.42 Å². The second-order valence-corrected chi connectivity index (χ2v) is 5.04. The van der Waals surface area contributed by atoms with E-state index >= 15 is 0 Å². The third kappa shape index (κ3) is 4.02. The van der Waals surface area contributed by atoms with Crippen LogP contribution in [0.4, 0.5) is 5.82 Å². The van der Waals surface area contributed by atoms with Crippen LogP contribution in [0.5, 0.6) is 5.75 Å². The summed E-state index contributed by atoms with van der Waals surface area (Å²) in [5.41, 5.74) is 1.05. The first kappa shape index (κ1) is 14.9. The lowest BCUT2D eigenvalue weighted by Crippen LogP contribution is -2.08. The molecule has 0 aliphatic heterocycles. The van der Waals surface area contributed by atoms with Gasteiger partial charge in [-0.2, -0.15) is 0 Å². The molecule has 3 nitrogen and oxygen atoms in total. The van der Waals surface area contributed by atoms with Crippen molar-refractivity contribution in [3.8, 4) is 5.75 Å². The molecule has 0 radical (unpaired) electrons. The molecule has 106 valence electrons. The van der Waals surface area contributed by atoms with E-state index in [1.165, 1.54) is 0 Å². The van der Waals surface area contributed by atoms with E-state index in [0.29, 0.717) is 16.7 Å². The monoisotopic (exact) mass is 310 g/mol. The van der Waals surface area contributed by atoms with E-state index in [2.05, 4.69) is 10.3 Å². The van der Waals surface area contributed by atoms with Crippen molar-refractivity contribution >= 4 is 29.0 Å². The first-order valence-electron chi connectivity index (χ1n) is 6.46. The molecular formula is C15H16Cl2N2O. The van der Waals surface area contributed by atoms with Gasteiger partial charge in [0.15, 0.2) is 11.6 Å². The molecule has 0 amide bonds. The quantitative estimate of drug-likeness (QED) is 0.856. The van der Waals surface area contributed by atoms with Crippen molar-refractivity contribution in [3.63, 3.8) is 0 Å². The maximum atomic E-state index is 6.14. The van der Waals surface area contributed by atoms with Crippen molar-refractivity contribution < 1.29 is 4.74 Å². The third-order valence-electron chi connectivity index (χ3n) is 2.77. The second-order valence-electron chi connectivity index (χ2n) is 4.20. The van der Waals surface area contributed by atoms with Gasteiger partial charge in [0.2, 0.25) is 0 Å². The minimum absolute atomic E-state index is 0.614. The van der Waals surface area contributed by atoms with Crippen LogP contribution in [0.2, 0.25) is 10.0 Å². The molecule has 1 heterocycles. The van der Waals surface area contributed by atoms with Crippen LogP contribution in [0, 0.1) is 0 Å². The van der Waals surface area contributed by atoms with Gasteiger partial charge in [0.1, 0.15) is 0 Å². The Morgan fingerprint density at radius 1 is 1.25 bits per heavy atom. The van der Waals surface area contributed by atoms with E-state index in [1.807, 2.05) is 31.2 Å². The molecule has 0 bridgehead atoms. The molecule has 0 atom stereocenters. The van der Waals surface area contributed by atoms with Gasteiger partial charge in [0.05, 0.1) is 6.61 Å². The highest BCUT2D eigenvalue weighted by atomic mass is 35.5. The van der Waals surface area contributed by atoms with Gasteiger partial charge in [-0.05, 0) is 43.2 Å². The summed E-state index contributed by atoms with van der Waals surface area (Å²) in [6.07, 6.45) is 2.53. The predicted molar refractivity (Wildman–Crippen MR) is 84.1 cm³/mol. The lowest BCUT2D eigenvalue weighted by Gasteiger charge is -2.11. The van der Waals surface area contributed by atoms with Gasteiger partial charge >= 0.3 is 0 Å². The maximum absolute atomic E-state index is 6.14. The number of anilines is 1. The maximum Gasteiger partial charge on any atom is 0.168 e. The zero-order valence-corrected chi connectivity index (χ0v) is 12.7. The zero-order valence-electron chi connectivity index (χ0n) is 11.2. The molecule has 0 saturated carbocycles. The Bertz CT molecular complexity index is 576. The molecule has 2 rings (SSSR count). The van der Waals surface area contributed by atoms with Crippen LogP contribution in [0.15, 0.2) is 36.5 Å². The Labute approximate surface area is 128 Å². The molecule has 20 heavy (non-hydrogen) atoms. The topological polar surface area (TPSA) is 34.1 Å². The smallest absolute Gasteiger partial charge is 0.168 e. The van der Waals surface area contributed by atoms with Crippen LogP contribution >= 0.6 is 23.2 Å². The van der Waals surface area contributed by atoms with Crippen molar-refractivity contribution in [1.29, 1.82) is 0 Å². The summed E-state index contributed by atoms with van der Waals surface area (Å²) in [5.74, 6) is 1.51. The van der Waals surface area contributed by atoms with Crippen molar-refractivity contribution in [2.24, 2.45) is 0 Å². The molecule has 0 unspecified atom stereocenters. The number of pyridine rings is 1. The molecule has 0 aliphatic rings. The summed E-state index contributed by atoms with van der Waals surface area (Å²) >= 11 is 12.0. The zero-order chi connectivity index (χ0) is 14.4. The minimum atomic E-state index is 0.614. The number of nitrogens with one attached hydrogen (secondary N) is 1. The number of hydrogen-bond acceptors (Lipinski definition) is 3. The highest BCUT2D eigenvalue weighted by molar-refractivity contribution is 6.35. The lowest BCUT2D eigenvalue weighted by atomic mass is 10.1. The fourth-order valence-electron chi connectivity index (χ4n) is 1.84. The number of ether oxygens (including phenoxy) is 1. The van der Waals surface area contributed by atoms with Gasteiger partial charge in [0, 0.05) is 22.8 Å². The Balaban J connectivity index is 1.96. The van der Waals surface area contributed by atoms with Gasteiger partial charge in [-0.15, -0.1) is 0 Å². The van der Waals surface area contributed by atoms with Gasteiger partial charge in [0.25, 0.3) is 0 Å². The summed E-state index contributed by atoms with van der Waals surface area (Å²) in [7, 11) is 0. The van der Waals surface area contributed by atoms with Gasteiger partial charge in [-0.1, -0.05) is 29.3 Å². The number of aromatic nitrogens is 1. The third-order valence-corrected chi connectivity index (χ3v) is 3.36. The van der Waals surface area contributed by atoms with Crippen LogP contribution in [0.3, 0.4) is 0 Å². The first-order valence-corrected chi connectivity index (χ1v) is 7.22. The van der Waals surface area contributed by atoms with Crippen LogP contribution < -0.4 is 10.1 Å². The fraction of sp³-hybridized carbons (Fsp3) is 0.267. The molecule has 1 N–H and O–H groups in total. The van der Waals surface area contributed by atoms with Crippen molar-refractivity contribution in [2.45, 2.75) is 13.3 Å². The molecule has 1 aromatic heterocycles. The Morgan fingerprint density at radius 2 is 2.10 bits per heavy atom. The average Bonchev–Trinajstić information content (AvgIpc) is 2.43. The number of halogens is 2. The molecule has 0 aliphatic carbocycles. The minimum Gasteiger partial charge on any atom is -0.490 e. The lowest BCUT2D eigenvalue weighted by molar-refractivity contribution is 0.340. The van der Waals surface area contributed by atoms with E-state index in [-0.39, 0.29) is 0 Å². The number of rotatable bonds is 6. The first-order chi connectivity index (χ1) is 9.70. The molecule has 1 aromatic carbocycles. The van der Waals surface area contributed by atoms with Crippen molar-refractivity contribution in [3.05, 3.63) is 52.1 Å². The fourth-order valence-corrected chi connectivity index (χ4v) is 2.34. The van der Waals surface area contributed by atoms with E-state index in [9.17, 15) is 0 Å². The number of nitrogens with zero attached hydrogens (tertiary/aromatic N) is 1. The number of hydrogen-bond donors (Lipinski definition) is 1. The summed E-state index contributed by atoms with van der Waals surface area (Å²) in [6, 6.07) is 9.29. The Kier molecular flexibility index (Phi) is 5.50. The standard InChI is InChI=1S/C15H16Cl2N2O/c1-2-20-14-4-3-8-18-15(14)19-9-7-11-5-6-12(16)10-13(11)17/h3-6,8,10H,2,7,9H2,1H3,(H,18,19). The summed E-state index contributed by atoms with van der Waals surface area (Å²) in [4.78, 5) is 4.27. The van der Waals surface area contributed by atoms with Crippen molar-refractivity contribution in [1.82, 2.24) is 4.98 Å². The van der Waals surface area contributed by atoms with Crippen LogP contribution in [0.25, 0.3) is 0 Å². The van der Waals surface area contributed by atoms with Gasteiger partial charge in [-0.25, -0.2) is 4.98 Å². The van der Waals surface area contributed by atoms with E-state index < -0.39 is 0 Å².